The van der Waals surface area contributed by atoms with Crippen LogP contribution in [-0.4, -0.2) is 11.9 Å². The standard InChI is InChI=1S/C7H10N2O/c1-4-7(5-8-3)6(2)9-10/h4-5,9-10H,1-3H2/b7-5+. The minimum Gasteiger partial charge on any atom is -0.291 e. The highest BCUT2D eigenvalue weighted by Gasteiger charge is 1.93. The number of aliphatic imine (C=N–C) groups is 1. The van der Waals surface area contributed by atoms with Crippen molar-refractivity contribution in [3.05, 3.63) is 36.7 Å². The molecule has 0 atom stereocenters. The molecule has 10 heavy (non-hydrogen) atoms. The van der Waals surface area contributed by atoms with Gasteiger partial charge < -0.3 is 0 Å². The number of allylic oxidation sites excluding steroid dienone is 1. The largest absolute Gasteiger partial charge is 0.291 e. The third-order valence-corrected chi connectivity index (χ3v) is 0.934. The number of hydroxylamine groups is 1. The summed E-state index contributed by atoms with van der Waals surface area (Å²) in [5.41, 5.74) is 2.84. The van der Waals surface area contributed by atoms with Crippen molar-refractivity contribution in [3.8, 4) is 0 Å². The monoisotopic (exact) mass is 138 g/mol. The SMILES string of the molecule is C=C/C(=C\N=C)C(=C)NO. The maximum atomic E-state index is 8.36. The quantitative estimate of drug-likeness (QED) is 0.349. The van der Waals surface area contributed by atoms with Gasteiger partial charge in [0.15, 0.2) is 0 Å². The first-order chi connectivity index (χ1) is 4.76. The van der Waals surface area contributed by atoms with Gasteiger partial charge in [0.1, 0.15) is 0 Å². The Bertz CT molecular complexity index is 182. The molecule has 0 aliphatic rings. The third-order valence-electron chi connectivity index (χ3n) is 0.934. The summed E-state index contributed by atoms with van der Waals surface area (Å²) in [6.45, 7) is 10.2. The van der Waals surface area contributed by atoms with Crippen molar-refractivity contribution in [2.24, 2.45) is 4.99 Å². The van der Waals surface area contributed by atoms with Crippen molar-refractivity contribution < 1.29 is 5.21 Å². The Hall–Kier alpha value is -1.35. The van der Waals surface area contributed by atoms with Gasteiger partial charge in [0.2, 0.25) is 0 Å². The Balaban J connectivity index is 4.34. The lowest BCUT2D eigenvalue weighted by Crippen LogP contribution is -2.06. The number of hydrogen-bond donors (Lipinski definition) is 2. The highest BCUT2D eigenvalue weighted by Crippen LogP contribution is 2.03. The van der Waals surface area contributed by atoms with Crippen molar-refractivity contribution >= 4 is 6.72 Å². The second kappa shape index (κ2) is 4.52. The molecule has 0 aliphatic heterocycles. The van der Waals surface area contributed by atoms with Gasteiger partial charge in [0.05, 0.1) is 5.70 Å². The predicted octanol–water partition coefficient (Wildman–Crippen LogP) is 1.25. The van der Waals surface area contributed by atoms with Crippen molar-refractivity contribution in [1.82, 2.24) is 5.48 Å². The predicted molar refractivity (Wildman–Crippen MR) is 41.9 cm³/mol. The van der Waals surface area contributed by atoms with Crippen LogP contribution in [0.1, 0.15) is 0 Å². The Morgan fingerprint density at radius 3 is 2.50 bits per heavy atom. The molecule has 0 heterocycles. The molecule has 0 rings (SSSR count). The molecular weight excluding hydrogens is 128 g/mol. The van der Waals surface area contributed by atoms with E-state index in [9.17, 15) is 0 Å². The molecule has 3 nitrogen and oxygen atoms in total. The summed E-state index contributed by atoms with van der Waals surface area (Å²) in [4.78, 5) is 3.48. The Kier molecular flexibility index (Phi) is 3.91. The molecule has 2 N–H and O–H groups in total. The summed E-state index contributed by atoms with van der Waals surface area (Å²) in [5, 5.41) is 8.36. The zero-order chi connectivity index (χ0) is 7.98. The van der Waals surface area contributed by atoms with Gasteiger partial charge in [-0.15, -0.1) is 0 Å². The molecule has 54 valence electrons. The molecule has 3 heteroatoms. The van der Waals surface area contributed by atoms with Crippen molar-refractivity contribution in [3.63, 3.8) is 0 Å². The third kappa shape index (κ3) is 2.28. The number of rotatable bonds is 4. The average Bonchev–Trinajstić information content (AvgIpc) is 1.99. The zero-order valence-electron chi connectivity index (χ0n) is 5.67. The second-order valence-corrected chi connectivity index (χ2v) is 1.56. The van der Waals surface area contributed by atoms with Gasteiger partial charge in [-0.25, -0.2) is 0 Å². The van der Waals surface area contributed by atoms with Gasteiger partial charge in [-0.2, -0.15) is 0 Å². The molecule has 0 unspecified atom stereocenters. The fourth-order valence-electron chi connectivity index (χ4n) is 0.417. The average molecular weight is 138 g/mol. The van der Waals surface area contributed by atoms with Gasteiger partial charge in [-0.1, -0.05) is 19.2 Å². The van der Waals surface area contributed by atoms with Crippen molar-refractivity contribution in [2.45, 2.75) is 0 Å². The molecular formula is C7H10N2O. The molecule has 0 aliphatic carbocycles. The molecule has 0 saturated carbocycles. The Morgan fingerprint density at radius 1 is 1.60 bits per heavy atom. The van der Waals surface area contributed by atoms with Crippen LogP contribution in [0.3, 0.4) is 0 Å². The van der Waals surface area contributed by atoms with E-state index in [1.165, 1.54) is 12.3 Å². The van der Waals surface area contributed by atoms with E-state index >= 15 is 0 Å². The second-order valence-electron chi connectivity index (χ2n) is 1.56. The molecule has 0 saturated heterocycles. The van der Waals surface area contributed by atoms with E-state index < -0.39 is 0 Å². The van der Waals surface area contributed by atoms with Crippen LogP contribution in [0.2, 0.25) is 0 Å². The topological polar surface area (TPSA) is 44.6 Å². The lowest BCUT2D eigenvalue weighted by Gasteiger charge is -2.00. The number of nitrogens with zero attached hydrogens (tertiary/aromatic N) is 1. The number of nitrogens with one attached hydrogen (secondary N) is 1. The molecule has 0 aromatic heterocycles. The van der Waals surface area contributed by atoms with E-state index in [0.717, 1.165) is 0 Å². The summed E-state index contributed by atoms with van der Waals surface area (Å²) < 4.78 is 0. The van der Waals surface area contributed by atoms with Crippen LogP contribution in [0.4, 0.5) is 0 Å². The van der Waals surface area contributed by atoms with Crippen LogP contribution < -0.4 is 5.48 Å². The molecule has 0 spiro atoms. The smallest absolute Gasteiger partial charge is 0.0617 e. The van der Waals surface area contributed by atoms with Crippen LogP contribution in [-0.2, 0) is 0 Å². The summed E-state index contributed by atoms with van der Waals surface area (Å²) in [6.07, 6.45) is 2.96. The molecule has 0 radical (unpaired) electrons. The van der Waals surface area contributed by atoms with Gasteiger partial charge in [-0.3, -0.25) is 15.7 Å². The van der Waals surface area contributed by atoms with Crippen molar-refractivity contribution in [1.29, 1.82) is 0 Å². The van der Waals surface area contributed by atoms with Crippen molar-refractivity contribution in [2.75, 3.05) is 0 Å². The van der Waals surface area contributed by atoms with E-state index in [1.54, 1.807) is 0 Å². The van der Waals surface area contributed by atoms with E-state index in [-0.39, 0.29) is 0 Å². The van der Waals surface area contributed by atoms with Crippen LogP contribution >= 0.6 is 0 Å². The summed E-state index contributed by atoms with van der Waals surface area (Å²) in [6, 6.07) is 0. The molecule has 0 aromatic carbocycles. The van der Waals surface area contributed by atoms with E-state index in [4.69, 9.17) is 5.21 Å². The van der Waals surface area contributed by atoms with E-state index in [2.05, 4.69) is 24.9 Å². The first-order valence-corrected chi connectivity index (χ1v) is 2.64. The highest BCUT2D eigenvalue weighted by molar-refractivity contribution is 5.37. The minimum atomic E-state index is 0.349. The zero-order valence-corrected chi connectivity index (χ0v) is 5.67. The molecule has 0 amide bonds. The molecule has 0 aromatic rings. The van der Waals surface area contributed by atoms with Gasteiger partial charge in [0.25, 0.3) is 0 Å². The number of hydrogen-bond acceptors (Lipinski definition) is 3. The summed E-state index contributed by atoms with van der Waals surface area (Å²) in [7, 11) is 0. The lowest BCUT2D eigenvalue weighted by molar-refractivity contribution is 0.204. The molecule has 0 bridgehead atoms. The normalized spacial score (nSPS) is 10.3. The Morgan fingerprint density at radius 2 is 2.20 bits per heavy atom. The Labute approximate surface area is 60.1 Å². The first-order valence-electron chi connectivity index (χ1n) is 2.64. The van der Waals surface area contributed by atoms with Crippen LogP contribution in [0.15, 0.2) is 41.7 Å². The fraction of sp³-hybridized carbons (Fsp3) is 0. The first kappa shape index (κ1) is 8.65. The maximum absolute atomic E-state index is 8.36. The molecule has 0 fully saturated rings. The van der Waals surface area contributed by atoms with Gasteiger partial charge in [-0.05, 0) is 6.72 Å². The van der Waals surface area contributed by atoms with E-state index in [0.29, 0.717) is 11.3 Å². The minimum absolute atomic E-state index is 0.349. The fourth-order valence-corrected chi connectivity index (χ4v) is 0.417. The van der Waals surface area contributed by atoms with Gasteiger partial charge in [0, 0.05) is 11.8 Å². The van der Waals surface area contributed by atoms with Crippen LogP contribution in [0.5, 0.6) is 0 Å². The lowest BCUT2D eigenvalue weighted by atomic mass is 10.2. The van der Waals surface area contributed by atoms with E-state index in [1.807, 2.05) is 5.48 Å². The van der Waals surface area contributed by atoms with Gasteiger partial charge >= 0.3 is 0 Å². The summed E-state index contributed by atoms with van der Waals surface area (Å²) in [5.74, 6) is 0. The highest BCUT2D eigenvalue weighted by atomic mass is 16.5. The maximum Gasteiger partial charge on any atom is 0.0617 e. The van der Waals surface area contributed by atoms with Crippen LogP contribution in [0, 0.1) is 0 Å². The van der Waals surface area contributed by atoms with Crippen LogP contribution in [0.25, 0.3) is 0 Å². The summed E-state index contributed by atoms with van der Waals surface area (Å²) >= 11 is 0.